The molecule has 1 aromatic heterocycles. The lowest BCUT2D eigenvalue weighted by Gasteiger charge is -2.41. The van der Waals surface area contributed by atoms with Crippen LogP contribution in [-0.4, -0.2) is 70.9 Å². The average molecular weight is 572 g/mol. The Morgan fingerprint density at radius 3 is 2.43 bits per heavy atom. The summed E-state index contributed by atoms with van der Waals surface area (Å²) in [7, 11) is 0.500. The number of piperidine rings is 1. The van der Waals surface area contributed by atoms with Gasteiger partial charge in [-0.2, -0.15) is 10.2 Å². The van der Waals surface area contributed by atoms with E-state index in [4.69, 9.17) is 5.10 Å². The molecule has 2 bridgehead atoms. The molecule has 3 fully saturated rings. The van der Waals surface area contributed by atoms with E-state index in [0.717, 1.165) is 55.5 Å². The molecule has 2 aliphatic carbocycles. The molecule has 2 aromatic rings. The number of amides is 1. The van der Waals surface area contributed by atoms with Crippen LogP contribution in [0.4, 0.5) is 10.2 Å². The second-order valence-electron chi connectivity index (χ2n) is 11.9. The molecule has 1 aromatic carbocycles. The number of hydrazone groups is 1. The summed E-state index contributed by atoms with van der Waals surface area (Å²) in [4.78, 5) is 20.8. The van der Waals surface area contributed by atoms with E-state index in [1.54, 1.807) is 6.21 Å². The van der Waals surface area contributed by atoms with Crippen molar-refractivity contribution in [2.75, 3.05) is 32.1 Å². The van der Waals surface area contributed by atoms with Crippen LogP contribution < -0.4 is 5.32 Å². The van der Waals surface area contributed by atoms with Gasteiger partial charge in [0.1, 0.15) is 5.82 Å². The summed E-state index contributed by atoms with van der Waals surface area (Å²) in [5, 5.41) is 14.5. The van der Waals surface area contributed by atoms with Crippen molar-refractivity contribution in [1.82, 2.24) is 19.7 Å². The first-order chi connectivity index (χ1) is 20.7. The van der Waals surface area contributed by atoms with E-state index >= 15 is 0 Å². The lowest BCUT2D eigenvalue weighted by atomic mass is 9.87. The summed E-state index contributed by atoms with van der Waals surface area (Å²) in [6.45, 7) is 2.75. The third-order valence-electron chi connectivity index (χ3n) is 9.44. The van der Waals surface area contributed by atoms with Gasteiger partial charge in [0.2, 0.25) is 0 Å². The summed E-state index contributed by atoms with van der Waals surface area (Å²) in [5.74, 6) is 1.57. The number of rotatable bonds is 6. The van der Waals surface area contributed by atoms with Crippen molar-refractivity contribution in [3.63, 3.8) is 0 Å². The predicted molar refractivity (Wildman–Crippen MR) is 166 cm³/mol. The van der Waals surface area contributed by atoms with Gasteiger partial charge in [-0.05, 0) is 75.2 Å². The number of nitrogens with zero attached hydrogens (tertiary/aromatic N) is 6. The van der Waals surface area contributed by atoms with Crippen LogP contribution in [0.2, 0.25) is 0 Å². The minimum atomic E-state index is -0.199. The topological polar surface area (TPSA) is 78.1 Å². The Morgan fingerprint density at radius 1 is 0.952 bits per heavy atom. The van der Waals surface area contributed by atoms with E-state index in [0.29, 0.717) is 36.9 Å². The molecule has 7 rings (SSSR count). The van der Waals surface area contributed by atoms with Crippen molar-refractivity contribution in [1.29, 1.82) is 0 Å². The fourth-order valence-electron chi connectivity index (χ4n) is 6.81. The van der Waals surface area contributed by atoms with E-state index in [1.165, 1.54) is 50.5 Å². The van der Waals surface area contributed by atoms with Gasteiger partial charge in [-0.25, -0.2) is 4.68 Å². The maximum absolute atomic E-state index is 13.6. The molecule has 3 aliphatic heterocycles. The molecule has 4 heterocycles. The standard InChI is InChI=1S/C32H39N7O.CH3F/c40-32(28-21-34-38-17-4-3-16-33-30(28)22-38)35-31-20-29(25-14-18-37(19-15-25)26-8-5-9-26)36-39(31)27-12-10-24(11-13-27)23-6-1-2-7-23;1-2/h4,10-13,16-17,20-21,23,25-26H,1-3,5-9,14-15,18-19,22H2,(H,35,40);1H3/b17-4-,33-16?;. The normalized spacial score (nSPS) is 22.3. The van der Waals surface area contributed by atoms with Crippen LogP contribution in [0.25, 0.3) is 5.69 Å². The van der Waals surface area contributed by atoms with Gasteiger partial charge in [0.15, 0.2) is 0 Å². The number of aliphatic imine (C=N–C) groups is 1. The Balaban J connectivity index is 0.00000155. The summed E-state index contributed by atoms with van der Waals surface area (Å²) in [5.41, 5.74) is 4.69. The number of anilines is 1. The Bertz CT molecular complexity index is 1360. The first kappa shape index (κ1) is 28.5. The zero-order valence-corrected chi connectivity index (χ0v) is 24.6. The Hall–Kier alpha value is -3.59. The Morgan fingerprint density at radius 2 is 1.71 bits per heavy atom. The highest BCUT2D eigenvalue weighted by atomic mass is 19.1. The van der Waals surface area contributed by atoms with Crippen LogP contribution in [0, 0.1) is 0 Å². The van der Waals surface area contributed by atoms with Crippen molar-refractivity contribution >= 4 is 24.2 Å². The molecule has 0 unspecified atom stereocenters. The number of nitrogens with one attached hydrogen (secondary N) is 1. The smallest absolute Gasteiger partial charge is 0.260 e. The van der Waals surface area contributed by atoms with Crippen molar-refractivity contribution in [3.05, 3.63) is 65.1 Å². The van der Waals surface area contributed by atoms with E-state index in [9.17, 15) is 9.18 Å². The maximum Gasteiger partial charge on any atom is 0.260 e. The number of hydrogen-bond acceptors (Lipinski definition) is 6. The minimum Gasteiger partial charge on any atom is -0.306 e. The molecule has 0 atom stereocenters. The second-order valence-corrected chi connectivity index (χ2v) is 11.9. The summed E-state index contributed by atoms with van der Waals surface area (Å²) in [6.07, 6.45) is 19.6. The van der Waals surface area contributed by atoms with Crippen molar-refractivity contribution in [2.45, 2.75) is 82.1 Å². The minimum absolute atomic E-state index is 0.199. The van der Waals surface area contributed by atoms with Gasteiger partial charge in [0, 0.05) is 36.9 Å². The maximum atomic E-state index is 13.6. The third kappa shape index (κ3) is 6.11. The number of allylic oxidation sites excluding steroid dienone is 1. The molecule has 5 aliphatic rings. The van der Waals surface area contributed by atoms with Crippen molar-refractivity contribution < 1.29 is 9.18 Å². The quantitative estimate of drug-likeness (QED) is 0.440. The number of fused-ring (bicyclic) bond motifs is 2. The summed E-state index contributed by atoms with van der Waals surface area (Å²) < 4.78 is 11.4. The van der Waals surface area contributed by atoms with Crippen LogP contribution in [0.1, 0.15) is 87.3 Å². The van der Waals surface area contributed by atoms with Crippen LogP contribution in [0.3, 0.4) is 0 Å². The van der Waals surface area contributed by atoms with Gasteiger partial charge in [0.25, 0.3) is 5.91 Å². The first-order valence-electron chi connectivity index (χ1n) is 15.6. The number of benzene rings is 1. The number of aromatic nitrogens is 2. The number of halogens is 1. The molecule has 1 saturated heterocycles. The Labute approximate surface area is 248 Å². The average Bonchev–Trinajstić information content (AvgIpc) is 3.68. The van der Waals surface area contributed by atoms with Gasteiger partial charge in [0.05, 0.1) is 42.6 Å². The van der Waals surface area contributed by atoms with Gasteiger partial charge in [-0.3, -0.25) is 19.2 Å². The molecule has 42 heavy (non-hydrogen) atoms. The highest BCUT2D eigenvalue weighted by Crippen LogP contribution is 2.36. The Kier molecular flexibility index (Phi) is 8.93. The lowest BCUT2D eigenvalue weighted by molar-refractivity contribution is -0.112. The lowest BCUT2D eigenvalue weighted by Crippen LogP contribution is -2.44. The molecule has 9 heteroatoms. The van der Waals surface area contributed by atoms with Gasteiger partial charge in [-0.15, -0.1) is 0 Å². The van der Waals surface area contributed by atoms with E-state index in [-0.39, 0.29) is 5.91 Å². The zero-order valence-electron chi connectivity index (χ0n) is 24.6. The molecule has 1 N–H and O–H groups in total. The van der Waals surface area contributed by atoms with Gasteiger partial charge < -0.3 is 10.2 Å². The van der Waals surface area contributed by atoms with E-state index < -0.39 is 0 Å². The highest BCUT2D eigenvalue weighted by Gasteiger charge is 2.31. The van der Waals surface area contributed by atoms with Crippen LogP contribution in [-0.2, 0) is 4.79 Å². The van der Waals surface area contributed by atoms with Crippen LogP contribution in [0.15, 0.2) is 64.0 Å². The van der Waals surface area contributed by atoms with Crippen LogP contribution >= 0.6 is 0 Å². The number of carbonyl (C=O) groups excluding carboxylic acids is 1. The largest absolute Gasteiger partial charge is 0.306 e. The first-order valence-corrected chi connectivity index (χ1v) is 15.6. The van der Waals surface area contributed by atoms with Gasteiger partial charge in [-0.1, -0.05) is 37.5 Å². The summed E-state index contributed by atoms with van der Waals surface area (Å²) >= 11 is 0. The number of carbonyl (C=O) groups is 1. The second kappa shape index (κ2) is 13.2. The SMILES string of the molecule is CF.O=C(Nc1cc(C2CCN(C3CCC3)CC2)nn1-c1ccc(C2CCCC2)cc1)C1=C2CN(/C=C\CC=N2)N=C1. The molecule has 0 spiro atoms. The van der Waals surface area contributed by atoms with Gasteiger partial charge >= 0.3 is 0 Å². The molecule has 2 saturated carbocycles. The van der Waals surface area contributed by atoms with E-state index in [1.807, 2.05) is 28.2 Å². The van der Waals surface area contributed by atoms with E-state index in [2.05, 4.69) is 50.6 Å². The number of alkyl halides is 1. The fraction of sp³-hybridized carbons (Fsp3) is 0.515. The van der Waals surface area contributed by atoms with Crippen LogP contribution in [0.5, 0.6) is 0 Å². The number of likely N-dealkylation sites (tertiary alicyclic amines) is 1. The monoisotopic (exact) mass is 571 g/mol. The fourth-order valence-corrected chi connectivity index (χ4v) is 6.81. The molecule has 222 valence electrons. The molecule has 0 radical (unpaired) electrons. The summed E-state index contributed by atoms with van der Waals surface area (Å²) in [6, 6.07) is 11.7. The van der Waals surface area contributed by atoms with Crippen molar-refractivity contribution in [3.8, 4) is 5.69 Å². The highest BCUT2D eigenvalue weighted by molar-refractivity contribution is 6.18. The predicted octanol–water partition coefficient (Wildman–Crippen LogP) is 6.33. The molecular weight excluding hydrogens is 529 g/mol. The zero-order chi connectivity index (χ0) is 28.9. The molecular formula is C33H42FN7O. The van der Waals surface area contributed by atoms with Crippen molar-refractivity contribution in [2.24, 2.45) is 10.1 Å². The molecule has 1 amide bonds. The number of hydrogen-bond donors (Lipinski definition) is 1. The third-order valence-corrected chi connectivity index (χ3v) is 9.44. The molecule has 8 nitrogen and oxygen atoms in total.